The van der Waals surface area contributed by atoms with Crippen molar-refractivity contribution in [1.82, 2.24) is 14.7 Å². The first-order valence-electron chi connectivity index (χ1n) is 12.7. The van der Waals surface area contributed by atoms with Crippen LogP contribution in [0.2, 0.25) is 0 Å². The van der Waals surface area contributed by atoms with Crippen LogP contribution >= 0.6 is 0 Å². The second-order valence-corrected chi connectivity index (χ2v) is 12.1. The Kier molecular flexibility index (Phi) is 8.31. The van der Waals surface area contributed by atoms with Crippen molar-refractivity contribution in [2.24, 2.45) is 0 Å². The summed E-state index contributed by atoms with van der Waals surface area (Å²) in [6.45, 7) is 11.6. The molecule has 198 valence electrons. The van der Waals surface area contributed by atoms with Gasteiger partial charge >= 0.3 is 0 Å². The molecule has 1 fully saturated rings. The number of likely N-dealkylation sites (tertiary alicyclic amines) is 1. The second kappa shape index (κ2) is 11.5. The molecule has 0 spiro atoms. The number of aromatic nitrogens is 2. The van der Waals surface area contributed by atoms with Crippen molar-refractivity contribution in [2.75, 3.05) is 36.9 Å². The summed E-state index contributed by atoms with van der Waals surface area (Å²) in [4.78, 5) is 10.8. The lowest BCUT2D eigenvalue weighted by Crippen LogP contribution is -3.10. The van der Waals surface area contributed by atoms with Crippen LogP contribution < -0.4 is 25.0 Å². The summed E-state index contributed by atoms with van der Waals surface area (Å²) in [5, 5.41) is 6.44. The van der Waals surface area contributed by atoms with E-state index in [0.29, 0.717) is 24.1 Å². The van der Waals surface area contributed by atoms with E-state index >= 15 is 0 Å². The van der Waals surface area contributed by atoms with Crippen LogP contribution in [-0.2, 0) is 10.0 Å². The molecule has 0 bridgehead atoms. The van der Waals surface area contributed by atoms with Crippen LogP contribution in [0.15, 0.2) is 59.6 Å². The maximum atomic E-state index is 12.7. The molecule has 1 saturated heterocycles. The van der Waals surface area contributed by atoms with E-state index in [1.165, 1.54) is 25.9 Å². The highest BCUT2D eigenvalue weighted by Gasteiger charge is 2.22. The average Bonchev–Trinajstić information content (AvgIpc) is 3.35. The Bertz CT molecular complexity index is 1300. The van der Waals surface area contributed by atoms with Crippen molar-refractivity contribution in [3.8, 4) is 5.75 Å². The molecule has 4 rings (SSSR count). The number of ether oxygens (including phenoxy) is 1. The third-order valence-electron chi connectivity index (χ3n) is 5.96. The number of rotatable bonds is 10. The molecule has 1 aliphatic rings. The van der Waals surface area contributed by atoms with Gasteiger partial charge in [0.2, 0.25) is 16.0 Å². The summed E-state index contributed by atoms with van der Waals surface area (Å²) in [7, 11) is -3.65. The van der Waals surface area contributed by atoms with E-state index in [4.69, 9.17) is 4.74 Å². The normalized spacial score (nSPS) is 14.5. The van der Waals surface area contributed by atoms with Crippen LogP contribution in [0, 0.1) is 6.92 Å². The van der Waals surface area contributed by atoms with Gasteiger partial charge in [0, 0.05) is 41.5 Å². The molecule has 0 radical (unpaired) electrons. The molecule has 9 nitrogen and oxygen atoms in total. The fourth-order valence-corrected chi connectivity index (χ4v) is 5.63. The lowest BCUT2D eigenvalue weighted by Gasteiger charge is -2.20. The molecule has 10 heteroatoms. The van der Waals surface area contributed by atoms with Crippen molar-refractivity contribution >= 4 is 33.2 Å². The number of nitrogens with one attached hydrogen (secondary N) is 4. The van der Waals surface area contributed by atoms with E-state index in [1.807, 2.05) is 52.0 Å². The Hall–Kier alpha value is -3.21. The highest BCUT2D eigenvalue weighted by atomic mass is 32.2. The van der Waals surface area contributed by atoms with Gasteiger partial charge in [-0.25, -0.2) is 18.1 Å². The zero-order valence-corrected chi connectivity index (χ0v) is 22.8. The van der Waals surface area contributed by atoms with E-state index in [9.17, 15) is 8.42 Å². The summed E-state index contributed by atoms with van der Waals surface area (Å²) in [5.41, 5.74) is 1.70. The van der Waals surface area contributed by atoms with E-state index in [-0.39, 0.29) is 4.90 Å². The number of anilines is 4. The van der Waals surface area contributed by atoms with Gasteiger partial charge in [-0.05, 0) is 70.2 Å². The zero-order chi connectivity index (χ0) is 26.5. The predicted octanol–water partition coefficient (Wildman–Crippen LogP) is 3.41. The van der Waals surface area contributed by atoms with E-state index in [0.717, 1.165) is 23.5 Å². The zero-order valence-electron chi connectivity index (χ0n) is 22.0. The van der Waals surface area contributed by atoms with Gasteiger partial charge in [-0.3, -0.25) is 0 Å². The molecule has 0 unspecified atom stereocenters. The van der Waals surface area contributed by atoms with Crippen molar-refractivity contribution in [1.29, 1.82) is 0 Å². The number of quaternary nitrogens is 1. The standard InChI is InChI=1S/C27H36N6O3S/c1-20-19-28-26(30-21-10-12-23(13-11-21)36-17-16-33-14-5-6-15-33)31-25(20)29-22-8-7-9-24(18-22)37(34,35)32-27(2,3)4/h7-13,18-19,32H,5-6,14-17H2,1-4H3,(H2,28,29,30,31)/p+1. The summed E-state index contributed by atoms with van der Waals surface area (Å²) in [6, 6.07) is 14.4. The van der Waals surface area contributed by atoms with Gasteiger partial charge in [0.05, 0.1) is 18.0 Å². The summed E-state index contributed by atoms with van der Waals surface area (Å²) < 4.78 is 34.0. The Morgan fingerprint density at radius 3 is 2.43 bits per heavy atom. The second-order valence-electron chi connectivity index (χ2n) is 10.4. The van der Waals surface area contributed by atoms with E-state index < -0.39 is 15.6 Å². The molecule has 1 aliphatic heterocycles. The summed E-state index contributed by atoms with van der Waals surface area (Å²) in [6.07, 6.45) is 4.35. The molecular formula is C27H37N6O3S+. The topological polar surface area (TPSA) is 110 Å². The number of nitrogens with zero attached hydrogens (tertiary/aromatic N) is 2. The first-order chi connectivity index (χ1) is 17.6. The molecule has 2 aromatic carbocycles. The van der Waals surface area contributed by atoms with Crippen LogP contribution in [0.3, 0.4) is 0 Å². The fraction of sp³-hybridized carbons (Fsp3) is 0.407. The minimum absolute atomic E-state index is 0.182. The third kappa shape index (κ3) is 7.88. The molecule has 4 N–H and O–H groups in total. The Morgan fingerprint density at radius 1 is 1.00 bits per heavy atom. The van der Waals surface area contributed by atoms with Crippen LogP contribution in [0.1, 0.15) is 39.2 Å². The number of sulfonamides is 1. The third-order valence-corrected chi connectivity index (χ3v) is 7.72. The lowest BCUT2D eigenvalue weighted by molar-refractivity contribution is -0.887. The highest BCUT2D eigenvalue weighted by Crippen LogP contribution is 2.24. The summed E-state index contributed by atoms with van der Waals surface area (Å²) >= 11 is 0. The largest absolute Gasteiger partial charge is 0.488 e. The highest BCUT2D eigenvalue weighted by molar-refractivity contribution is 7.89. The molecule has 0 saturated carbocycles. The van der Waals surface area contributed by atoms with Crippen molar-refractivity contribution in [2.45, 2.75) is 51.0 Å². The monoisotopic (exact) mass is 525 g/mol. The van der Waals surface area contributed by atoms with Gasteiger partial charge in [-0.2, -0.15) is 4.98 Å². The van der Waals surface area contributed by atoms with Gasteiger partial charge in [0.25, 0.3) is 0 Å². The molecule has 3 aromatic rings. The minimum atomic E-state index is -3.65. The number of hydrogen-bond donors (Lipinski definition) is 4. The van der Waals surface area contributed by atoms with Crippen molar-refractivity contribution < 1.29 is 18.1 Å². The molecule has 0 aliphatic carbocycles. The SMILES string of the molecule is Cc1cnc(Nc2ccc(OCC[NH+]3CCCC3)cc2)nc1Nc1cccc(S(=O)(=O)NC(C)(C)C)c1. The molecule has 37 heavy (non-hydrogen) atoms. The number of benzene rings is 2. The van der Waals surface area contributed by atoms with E-state index in [2.05, 4.69) is 25.3 Å². The predicted molar refractivity (Wildman–Crippen MR) is 147 cm³/mol. The Labute approximate surface area is 219 Å². The van der Waals surface area contributed by atoms with Gasteiger partial charge in [-0.1, -0.05) is 6.07 Å². The summed E-state index contributed by atoms with van der Waals surface area (Å²) in [5.74, 6) is 1.85. The molecule has 1 aromatic heterocycles. The molecule has 2 heterocycles. The van der Waals surface area contributed by atoms with Gasteiger partial charge in [-0.15, -0.1) is 0 Å². The van der Waals surface area contributed by atoms with Crippen molar-refractivity contribution in [3.05, 3.63) is 60.3 Å². The van der Waals surface area contributed by atoms with Crippen LogP contribution in [-0.4, -0.2) is 50.2 Å². The Morgan fingerprint density at radius 2 is 1.73 bits per heavy atom. The van der Waals surface area contributed by atoms with Gasteiger partial charge < -0.3 is 20.3 Å². The smallest absolute Gasteiger partial charge is 0.241 e. The minimum Gasteiger partial charge on any atom is -0.488 e. The number of hydrogen-bond acceptors (Lipinski definition) is 7. The number of aryl methyl sites for hydroxylation is 1. The van der Waals surface area contributed by atoms with Crippen LogP contribution in [0.25, 0.3) is 0 Å². The molecule has 0 amide bonds. The molecule has 0 atom stereocenters. The first kappa shape index (κ1) is 26.8. The Balaban J connectivity index is 1.39. The maximum absolute atomic E-state index is 12.7. The van der Waals surface area contributed by atoms with E-state index in [1.54, 1.807) is 35.4 Å². The first-order valence-corrected chi connectivity index (χ1v) is 14.1. The quantitative estimate of drug-likeness (QED) is 0.321. The average molecular weight is 526 g/mol. The maximum Gasteiger partial charge on any atom is 0.241 e. The lowest BCUT2D eigenvalue weighted by atomic mass is 10.1. The van der Waals surface area contributed by atoms with Gasteiger partial charge in [0.1, 0.15) is 24.7 Å². The van der Waals surface area contributed by atoms with Crippen LogP contribution in [0.4, 0.5) is 23.1 Å². The van der Waals surface area contributed by atoms with Gasteiger partial charge in [0.15, 0.2) is 0 Å². The van der Waals surface area contributed by atoms with Crippen molar-refractivity contribution in [3.63, 3.8) is 0 Å². The fourth-order valence-electron chi connectivity index (χ4n) is 4.17. The van der Waals surface area contributed by atoms with Crippen LogP contribution in [0.5, 0.6) is 5.75 Å². The molecular weight excluding hydrogens is 488 g/mol.